The van der Waals surface area contributed by atoms with Crippen LogP contribution in [0.2, 0.25) is 10.0 Å². The number of rotatable bonds is 4. The molecular formula is C18H14BrCl2N3O. The molecule has 128 valence electrons. The second-order valence-corrected chi connectivity index (χ2v) is 7.29. The topological polar surface area (TPSA) is 57.2 Å². The summed E-state index contributed by atoms with van der Waals surface area (Å²) in [7, 11) is 0. The molecule has 1 heterocycles. The van der Waals surface area contributed by atoms with Gasteiger partial charge in [-0.25, -0.2) is 5.43 Å². The lowest BCUT2D eigenvalue weighted by Crippen LogP contribution is -2.20. The maximum Gasteiger partial charge on any atom is 0.244 e. The first-order chi connectivity index (χ1) is 11.9. The number of nitrogens with zero attached hydrogens (tertiary/aromatic N) is 1. The molecule has 0 atom stereocenters. The van der Waals surface area contributed by atoms with Crippen molar-refractivity contribution in [1.82, 2.24) is 10.4 Å². The molecule has 0 fully saturated rings. The number of hydrogen-bond donors (Lipinski definition) is 2. The van der Waals surface area contributed by atoms with Crippen molar-refractivity contribution < 1.29 is 4.79 Å². The number of amides is 1. The Kier molecular flexibility index (Phi) is 5.47. The third-order valence-electron chi connectivity index (χ3n) is 3.77. The number of halogens is 3. The number of hydrogen-bond acceptors (Lipinski definition) is 2. The monoisotopic (exact) mass is 437 g/mol. The molecule has 0 spiro atoms. The Morgan fingerprint density at radius 1 is 1.24 bits per heavy atom. The number of aromatic amines is 1. The first-order valence-corrected chi connectivity index (χ1v) is 9.02. The van der Waals surface area contributed by atoms with E-state index in [-0.39, 0.29) is 12.3 Å². The molecule has 0 radical (unpaired) electrons. The molecule has 0 aliphatic carbocycles. The Bertz CT molecular complexity index is 982. The zero-order valence-corrected chi connectivity index (χ0v) is 16.3. The van der Waals surface area contributed by atoms with Crippen LogP contribution in [0, 0.1) is 6.92 Å². The fraction of sp³-hybridized carbons (Fsp3) is 0.111. The Morgan fingerprint density at radius 3 is 2.80 bits per heavy atom. The largest absolute Gasteiger partial charge is 0.358 e. The summed E-state index contributed by atoms with van der Waals surface area (Å²) < 4.78 is 0.971. The maximum absolute atomic E-state index is 12.2. The van der Waals surface area contributed by atoms with Gasteiger partial charge in [0, 0.05) is 21.1 Å². The van der Waals surface area contributed by atoms with Crippen molar-refractivity contribution in [1.29, 1.82) is 0 Å². The summed E-state index contributed by atoms with van der Waals surface area (Å²) in [6.45, 7) is 1.95. The van der Waals surface area contributed by atoms with Crippen LogP contribution in [-0.4, -0.2) is 17.1 Å². The molecule has 1 aromatic heterocycles. The van der Waals surface area contributed by atoms with Crippen LogP contribution in [0.5, 0.6) is 0 Å². The van der Waals surface area contributed by atoms with Gasteiger partial charge >= 0.3 is 0 Å². The van der Waals surface area contributed by atoms with Crippen LogP contribution in [0.3, 0.4) is 0 Å². The lowest BCUT2D eigenvalue weighted by molar-refractivity contribution is -0.120. The van der Waals surface area contributed by atoms with E-state index in [1.165, 1.54) is 6.21 Å². The van der Waals surface area contributed by atoms with Gasteiger partial charge in [0.25, 0.3) is 0 Å². The van der Waals surface area contributed by atoms with Gasteiger partial charge in [0.1, 0.15) is 0 Å². The lowest BCUT2D eigenvalue weighted by atomic mass is 10.1. The van der Waals surface area contributed by atoms with Crippen molar-refractivity contribution >= 4 is 62.2 Å². The Hall–Kier alpha value is -1.82. The molecule has 0 bridgehead atoms. The van der Waals surface area contributed by atoms with Crippen LogP contribution in [0.15, 0.2) is 46.0 Å². The standard InChI is InChI=1S/C18H14BrCl2N3O/c1-10-13(14-7-12(19)3-5-17(14)23-10)8-18(25)24-22-9-11-2-4-15(20)16(21)6-11/h2-7,9,23H,8H2,1H3,(H,24,25)/b22-9-. The Morgan fingerprint density at radius 2 is 2.04 bits per heavy atom. The lowest BCUT2D eigenvalue weighted by Gasteiger charge is -2.02. The molecule has 7 heteroatoms. The van der Waals surface area contributed by atoms with Gasteiger partial charge in [0.2, 0.25) is 5.91 Å². The zero-order chi connectivity index (χ0) is 18.0. The normalized spacial score (nSPS) is 11.4. The number of carbonyl (C=O) groups excluding carboxylic acids is 1. The molecular weight excluding hydrogens is 425 g/mol. The van der Waals surface area contributed by atoms with Gasteiger partial charge < -0.3 is 4.98 Å². The Labute approximate surface area is 163 Å². The van der Waals surface area contributed by atoms with Gasteiger partial charge in [-0.3, -0.25) is 4.79 Å². The van der Waals surface area contributed by atoms with Crippen LogP contribution in [0.25, 0.3) is 10.9 Å². The van der Waals surface area contributed by atoms with Crippen molar-refractivity contribution in [2.45, 2.75) is 13.3 Å². The summed E-state index contributed by atoms with van der Waals surface area (Å²) in [5.74, 6) is -0.194. The second-order valence-electron chi connectivity index (χ2n) is 5.56. The molecule has 0 aliphatic heterocycles. The van der Waals surface area contributed by atoms with E-state index >= 15 is 0 Å². The summed E-state index contributed by atoms with van der Waals surface area (Å²) >= 11 is 15.3. The molecule has 0 aliphatic rings. The molecule has 0 saturated heterocycles. The van der Waals surface area contributed by atoms with E-state index in [2.05, 4.69) is 31.4 Å². The number of aryl methyl sites for hydroxylation is 1. The van der Waals surface area contributed by atoms with E-state index in [9.17, 15) is 4.79 Å². The fourth-order valence-electron chi connectivity index (χ4n) is 2.55. The number of carbonyl (C=O) groups is 1. The van der Waals surface area contributed by atoms with Crippen LogP contribution >= 0.6 is 39.1 Å². The van der Waals surface area contributed by atoms with Gasteiger partial charge in [0.05, 0.1) is 22.7 Å². The number of H-pyrrole nitrogens is 1. The SMILES string of the molecule is Cc1[nH]c2ccc(Br)cc2c1CC(=O)N/N=C\c1ccc(Cl)c(Cl)c1. The van der Waals surface area contributed by atoms with E-state index < -0.39 is 0 Å². The van der Waals surface area contributed by atoms with Gasteiger partial charge in [-0.2, -0.15) is 5.10 Å². The summed E-state index contributed by atoms with van der Waals surface area (Å²) in [4.78, 5) is 15.5. The summed E-state index contributed by atoms with van der Waals surface area (Å²) in [5, 5.41) is 5.92. The van der Waals surface area contributed by atoms with Crippen molar-refractivity contribution in [3.63, 3.8) is 0 Å². The van der Waals surface area contributed by atoms with Crippen LogP contribution in [0.4, 0.5) is 0 Å². The van der Waals surface area contributed by atoms with E-state index in [0.29, 0.717) is 10.0 Å². The van der Waals surface area contributed by atoms with Gasteiger partial charge in [-0.15, -0.1) is 0 Å². The average Bonchev–Trinajstić information content (AvgIpc) is 2.86. The van der Waals surface area contributed by atoms with Gasteiger partial charge in [-0.05, 0) is 48.4 Å². The third-order valence-corrected chi connectivity index (χ3v) is 5.00. The minimum atomic E-state index is -0.194. The zero-order valence-electron chi connectivity index (χ0n) is 13.2. The van der Waals surface area contributed by atoms with Gasteiger partial charge in [-0.1, -0.05) is 45.2 Å². The number of nitrogens with one attached hydrogen (secondary N) is 2. The summed E-state index contributed by atoms with van der Waals surface area (Å²) in [6.07, 6.45) is 1.76. The van der Waals surface area contributed by atoms with E-state index in [4.69, 9.17) is 23.2 Å². The minimum Gasteiger partial charge on any atom is -0.358 e. The number of aromatic nitrogens is 1. The predicted octanol–water partition coefficient (Wildman–Crippen LogP) is 5.24. The molecule has 3 aromatic rings. The predicted molar refractivity (Wildman–Crippen MR) is 107 cm³/mol. The molecule has 2 aromatic carbocycles. The first-order valence-electron chi connectivity index (χ1n) is 7.47. The third kappa shape index (κ3) is 4.24. The maximum atomic E-state index is 12.2. The fourth-order valence-corrected chi connectivity index (χ4v) is 3.22. The van der Waals surface area contributed by atoms with Crippen LogP contribution in [0.1, 0.15) is 16.8 Å². The number of benzene rings is 2. The summed E-state index contributed by atoms with van der Waals surface area (Å²) in [5.41, 5.74) is 6.22. The molecule has 1 amide bonds. The minimum absolute atomic E-state index is 0.194. The van der Waals surface area contributed by atoms with Crippen LogP contribution in [-0.2, 0) is 11.2 Å². The quantitative estimate of drug-likeness (QED) is 0.424. The molecule has 25 heavy (non-hydrogen) atoms. The van der Waals surface area contributed by atoms with E-state index in [1.54, 1.807) is 18.2 Å². The number of hydrazone groups is 1. The highest BCUT2D eigenvalue weighted by Crippen LogP contribution is 2.26. The highest BCUT2D eigenvalue weighted by atomic mass is 79.9. The van der Waals surface area contributed by atoms with Crippen molar-refractivity contribution in [3.05, 3.63) is 67.7 Å². The first kappa shape index (κ1) is 18.0. The van der Waals surface area contributed by atoms with Crippen molar-refractivity contribution in [2.75, 3.05) is 0 Å². The smallest absolute Gasteiger partial charge is 0.244 e. The average molecular weight is 439 g/mol. The molecule has 0 saturated carbocycles. The molecule has 2 N–H and O–H groups in total. The van der Waals surface area contributed by atoms with Crippen molar-refractivity contribution in [2.24, 2.45) is 5.10 Å². The van der Waals surface area contributed by atoms with Crippen molar-refractivity contribution in [3.8, 4) is 0 Å². The molecule has 0 unspecified atom stereocenters. The Balaban J connectivity index is 1.70. The van der Waals surface area contributed by atoms with E-state index in [1.807, 2.05) is 25.1 Å². The molecule has 4 nitrogen and oxygen atoms in total. The highest BCUT2D eigenvalue weighted by Gasteiger charge is 2.12. The van der Waals surface area contributed by atoms with Gasteiger partial charge in [0.15, 0.2) is 0 Å². The number of fused-ring (bicyclic) bond motifs is 1. The second kappa shape index (κ2) is 7.60. The summed E-state index contributed by atoms with van der Waals surface area (Å²) in [6, 6.07) is 11.1. The van der Waals surface area contributed by atoms with E-state index in [0.717, 1.165) is 32.2 Å². The highest BCUT2D eigenvalue weighted by molar-refractivity contribution is 9.10. The molecule has 3 rings (SSSR count). The van der Waals surface area contributed by atoms with Crippen LogP contribution < -0.4 is 5.43 Å².